The highest BCUT2D eigenvalue weighted by molar-refractivity contribution is 5.85. The molecule has 3 nitrogen and oxygen atoms in total. The Morgan fingerprint density at radius 3 is 2.56 bits per heavy atom. The molecule has 0 aromatic heterocycles. The van der Waals surface area contributed by atoms with Crippen molar-refractivity contribution < 1.29 is 9.90 Å². The molecule has 9 heavy (non-hydrogen) atoms. The maximum Gasteiger partial charge on any atom is 0.253 e. The topological polar surface area (TPSA) is 63.3 Å². The maximum atomic E-state index is 10.1. The summed E-state index contributed by atoms with van der Waals surface area (Å²) in [7, 11) is 0. The zero-order valence-corrected chi connectivity index (χ0v) is 5.55. The largest absolute Gasteiger partial charge is 0.377 e. The molecule has 3 heteroatoms. The van der Waals surface area contributed by atoms with Crippen LogP contribution in [0.2, 0.25) is 0 Å². The van der Waals surface area contributed by atoms with Crippen molar-refractivity contribution in [1.82, 2.24) is 0 Å². The first-order valence-electron chi connectivity index (χ1n) is 3.03. The minimum Gasteiger partial charge on any atom is -0.377 e. The molecule has 0 spiro atoms. The molecule has 1 radical (unpaired) electrons. The highest BCUT2D eigenvalue weighted by atomic mass is 16.3. The Kier molecular flexibility index (Phi) is 4.05. The number of hydrogen-bond donors (Lipinski definition) is 2. The predicted octanol–water partition coefficient (Wildman–Crippen LogP) is 0.566. The Bertz CT molecular complexity index is 93.1. The van der Waals surface area contributed by atoms with Gasteiger partial charge in [0.25, 0.3) is 5.91 Å². The summed E-state index contributed by atoms with van der Waals surface area (Å²) in [5.74, 6) is -0.705. The zero-order valence-electron chi connectivity index (χ0n) is 5.55. The molecule has 0 aromatic carbocycles. The first kappa shape index (κ1) is 8.43. The molecular weight excluding hydrogens is 118 g/mol. The lowest BCUT2D eigenvalue weighted by Crippen LogP contribution is -2.20. The molecule has 0 aromatic rings. The van der Waals surface area contributed by atoms with Gasteiger partial charge in [-0.1, -0.05) is 19.8 Å². The van der Waals surface area contributed by atoms with Crippen molar-refractivity contribution in [3.05, 3.63) is 6.10 Å². The van der Waals surface area contributed by atoms with Gasteiger partial charge >= 0.3 is 0 Å². The van der Waals surface area contributed by atoms with Crippen LogP contribution >= 0.6 is 0 Å². The molecule has 0 aliphatic heterocycles. The van der Waals surface area contributed by atoms with Gasteiger partial charge in [0.2, 0.25) is 0 Å². The first-order chi connectivity index (χ1) is 4.18. The molecule has 0 saturated carbocycles. The molecule has 1 amide bonds. The van der Waals surface area contributed by atoms with Crippen LogP contribution in [0, 0.1) is 6.10 Å². The molecule has 0 bridgehead atoms. The van der Waals surface area contributed by atoms with E-state index in [2.05, 4.69) is 0 Å². The third kappa shape index (κ3) is 3.97. The molecular formula is C6H12NO2. The van der Waals surface area contributed by atoms with Crippen molar-refractivity contribution in [1.29, 1.82) is 0 Å². The van der Waals surface area contributed by atoms with E-state index >= 15 is 0 Å². The molecule has 3 N–H and O–H groups in total. The van der Waals surface area contributed by atoms with Gasteiger partial charge in [0.05, 0.1) is 0 Å². The number of nitrogens with two attached hydrogens (primary N) is 1. The Hall–Kier alpha value is -0.570. The summed E-state index contributed by atoms with van der Waals surface area (Å²) < 4.78 is 0. The number of primary amides is 1. The highest BCUT2D eigenvalue weighted by Gasteiger charge is 2.09. The molecule has 0 aliphatic rings. The van der Waals surface area contributed by atoms with Crippen molar-refractivity contribution >= 4 is 5.91 Å². The predicted molar refractivity (Wildman–Crippen MR) is 33.9 cm³/mol. The third-order valence-corrected chi connectivity index (χ3v) is 1.05. The Morgan fingerprint density at radius 1 is 1.67 bits per heavy atom. The van der Waals surface area contributed by atoms with Crippen molar-refractivity contribution in [3.63, 3.8) is 0 Å². The smallest absolute Gasteiger partial charge is 0.253 e. The number of hydrogen-bond acceptors (Lipinski definition) is 2. The monoisotopic (exact) mass is 130 g/mol. The fourth-order valence-corrected chi connectivity index (χ4v) is 0.467. The van der Waals surface area contributed by atoms with Gasteiger partial charge in [-0.3, -0.25) is 4.79 Å². The first-order valence-corrected chi connectivity index (χ1v) is 3.03. The molecule has 0 atom stereocenters. The van der Waals surface area contributed by atoms with Crippen LogP contribution in [0.5, 0.6) is 0 Å². The van der Waals surface area contributed by atoms with Gasteiger partial charge in [-0.25, -0.2) is 0 Å². The van der Waals surface area contributed by atoms with Crippen molar-refractivity contribution in [2.75, 3.05) is 0 Å². The average molecular weight is 130 g/mol. The average Bonchev–Trinajstić information content (AvgIpc) is 1.82. The lowest BCUT2D eigenvalue weighted by molar-refractivity contribution is -0.120. The van der Waals surface area contributed by atoms with Gasteiger partial charge in [-0.2, -0.15) is 0 Å². The molecule has 0 aliphatic carbocycles. The van der Waals surface area contributed by atoms with E-state index in [9.17, 15) is 4.79 Å². The Balaban J connectivity index is 3.27. The SMILES string of the molecule is CCCC[C](O)C(N)=O. The van der Waals surface area contributed by atoms with Gasteiger partial charge in [-0.15, -0.1) is 0 Å². The fraction of sp³-hybridized carbons (Fsp3) is 0.667. The van der Waals surface area contributed by atoms with Crippen LogP contribution in [-0.2, 0) is 4.79 Å². The maximum absolute atomic E-state index is 10.1. The lowest BCUT2D eigenvalue weighted by atomic mass is 10.1. The molecule has 0 fully saturated rings. The third-order valence-electron chi connectivity index (χ3n) is 1.05. The van der Waals surface area contributed by atoms with Gasteiger partial charge in [-0.05, 0) is 6.42 Å². The summed E-state index contributed by atoms with van der Waals surface area (Å²) in [6.07, 6.45) is 1.97. The van der Waals surface area contributed by atoms with E-state index in [1.54, 1.807) is 0 Å². The van der Waals surface area contributed by atoms with Crippen LogP contribution < -0.4 is 5.73 Å². The van der Waals surface area contributed by atoms with Crippen LogP contribution in [0.3, 0.4) is 0 Å². The number of amides is 1. The van der Waals surface area contributed by atoms with E-state index in [-0.39, 0.29) is 6.10 Å². The second kappa shape index (κ2) is 4.32. The van der Waals surface area contributed by atoms with E-state index in [1.807, 2.05) is 6.92 Å². The van der Waals surface area contributed by atoms with E-state index < -0.39 is 5.91 Å². The van der Waals surface area contributed by atoms with Crippen LogP contribution in [0.15, 0.2) is 0 Å². The van der Waals surface area contributed by atoms with Crippen LogP contribution in [0.4, 0.5) is 0 Å². The van der Waals surface area contributed by atoms with E-state index in [4.69, 9.17) is 10.8 Å². The fourth-order valence-electron chi connectivity index (χ4n) is 0.467. The second-order valence-electron chi connectivity index (χ2n) is 1.91. The summed E-state index contributed by atoms with van der Waals surface area (Å²) in [6.45, 7) is 1.98. The van der Waals surface area contributed by atoms with Gasteiger partial charge in [0, 0.05) is 0 Å². The number of carbonyl (C=O) groups is 1. The van der Waals surface area contributed by atoms with Gasteiger partial charge in [0.15, 0.2) is 6.10 Å². The van der Waals surface area contributed by atoms with Gasteiger partial charge in [0.1, 0.15) is 0 Å². The number of unbranched alkanes of at least 4 members (excludes halogenated alkanes) is 1. The molecule has 0 heterocycles. The van der Waals surface area contributed by atoms with E-state index in [0.29, 0.717) is 6.42 Å². The number of aliphatic hydroxyl groups excluding tert-OH is 1. The van der Waals surface area contributed by atoms with Crippen LogP contribution in [-0.4, -0.2) is 11.0 Å². The molecule has 53 valence electrons. The van der Waals surface area contributed by atoms with Crippen LogP contribution in [0.25, 0.3) is 0 Å². The number of carbonyl (C=O) groups excluding carboxylic acids is 1. The van der Waals surface area contributed by atoms with Crippen molar-refractivity contribution in [2.45, 2.75) is 26.2 Å². The molecule has 0 saturated heterocycles. The zero-order chi connectivity index (χ0) is 7.28. The summed E-state index contributed by atoms with van der Waals surface area (Å²) in [5.41, 5.74) is 4.75. The summed E-state index contributed by atoms with van der Waals surface area (Å²) >= 11 is 0. The lowest BCUT2D eigenvalue weighted by Gasteiger charge is -2.00. The number of rotatable bonds is 4. The van der Waals surface area contributed by atoms with Crippen molar-refractivity contribution in [3.8, 4) is 0 Å². The molecule has 0 rings (SSSR count). The minimum absolute atomic E-state index is 0.211. The number of aliphatic hydroxyl groups is 1. The second-order valence-corrected chi connectivity index (χ2v) is 1.91. The highest BCUT2D eigenvalue weighted by Crippen LogP contribution is 2.04. The normalized spacial score (nSPS) is 10.1. The summed E-state index contributed by atoms with van der Waals surface area (Å²) in [6, 6.07) is 0. The summed E-state index contributed by atoms with van der Waals surface area (Å²) in [5, 5.41) is 8.70. The van der Waals surface area contributed by atoms with Crippen LogP contribution in [0.1, 0.15) is 26.2 Å². The Morgan fingerprint density at radius 2 is 2.22 bits per heavy atom. The Labute approximate surface area is 54.9 Å². The van der Waals surface area contributed by atoms with E-state index in [0.717, 1.165) is 12.8 Å². The standard InChI is InChI=1S/C6H12NO2/c1-2-3-4-5(8)6(7)9/h8H,2-4H2,1H3,(H2,7,9). The van der Waals surface area contributed by atoms with Crippen molar-refractivity contribution in [2.24, 2.45) is 5.73 Å². The quantitative estimate of drug-likeness (QED) is 0.584. The molecule has 0 unspecified atom stereocenters. The van der Waals surface area contributed by atoms with E-state index in [1.165, 1.54) is 0 Å². The summed E-state index contributed by atoms with van der Waals surface area (Å²) in [4.78, 5) is 10.1. The van der Waals surface area contributed by atoms with Gasteiger partial charge < -0.3 is 10.8 Å². The minimum atomic E-state index is -0.705.